The summed E-state index contributed by atoms with van der Waals surface area (Å²) >= 11 is 0. The largest absolute Gasteiger partial charge is 0.481 e. The molecule has 0 unspecified atom stereocenters. The topological polar surface area (TPSA) is 83.6 Å². The Morgan fingerprint density at radius 1 is 1.50 bits per heavy atom. The summed E-state index contributed by atoms with van der Waals surface area (Å²) in [6.07, 6.45) is 1.75. The highest BCUT2D eigenvalue weighted by molar-refractivity contribution is 5.78. The van der Waals surface area contributed by atoms with Crippen molar-refractivity contribution < 1.29 is 14.7 Å². The van der Waals surface area contributed by atoms with E-state index in [1.807, 2.05) is 0 Å². The second kappa shape index (κ2) is 4.95. The third-order valence-corrected chi connectivity index (χ3v) is 2.48. The number of carbonyl (C=O) groups is 2. The third-order valence-electron chi connectivity index (χ3n) is 2.48. The molecule has 1 atom stereocenters. The second-order valence-corrected chi connectivity index (χ2v) is 3.56. The zero-order valence-corrected chi connectivity index (χ0v) is 8.11. The van der Waals surface area contributed by atoms with Crippen molar-refractivity contribution in [3.63, 3.8) is 0 Å². The van der Waals surface area contributed by atoms with E-state index in [0.717, 1.165) is 6.42 Å². The van der Waals surface area contributed by atoms with Crippen molar-refractivity contribution in [2.75, 3.05) is 19.6 Å². The highest BCUT2D eigenvalue weighted by atomic mass is 16.4. The minimum atomic E-state index is -0.810. The number of carboxylic acids is 1. The number of aliphatic carboxylic acids is 1. The van der Waals surface area contributed by atoms with E-state index in [1.165, 1.54) is 0 Å². The Kier molecular flexibility index (Phi) is 3.88. The fourth-order valence-electron chi connectivity index (χ4n) is 1.69. The van der Waals surface area contributed by atoms with Gasteiger partial charge in [0, 0.05) is 26.1 Å². The van der Waals surface area contributed by atoms with Gasteiger partial charge in [-0.15, -0.1) is 0 Å². The molecule has 0 aliphatic carbocycles. The number of amides is 1. The van der Waals surface area contributed by atoms with Gasteiger partial charge in [-0.3, -0.25) is 9.59 Å². The molecule has 1 saturated heterocycles. The molecular weight excluding hydrogens is 184 g/mol. The zero-order chi connectivity index (χ0) is 10.6. The Hall–Kier alpha value is -1.10. The first-order valence-corrected chi connectivity index (χ1v) is 4.85. The van der Waals surface area contributed by atoms with Gasteiger partial charge in [0.25, 0.3) is 0 Å². The summed E-state index contributed by atoms with van der Waals surface area (Å²) in [6.45, 7) is 1.34. The highest BCUT2D eigenvalue weighted by Gasteiger charge is 2.27. The van der Waals surface area contributed by atoms with Crippen molar-refractivity contribution in [3.05, 3.63) is 0 Å². The number of hydrogen-bond donors (Lipinski definition) is 2. The third kappa shape index (κ3) is 2.70. The molecule has 0 bridgehead atoms. The van der Waals surface area contributed by atoms with Crippen LogP contribution in [0.2, 0.25) is 0 Å². The first-order chi connectivity index (χ1) is 6.65. The van der Waals surface area contributed by atoms with E-state index in [-0.39, 0.29) is 5.91 Å². The molecule has 1 rings (SSSR count). The summed E-state index contributed by atoms with van der Waals surface area (Å²) in [5.41, 5.74) is 5.27. The van der Waals surface area contributed by atoms with E-state index in [4.69, 9.17) is 10.8 Å². The molecular formula is C9H16N2O3. The molecule has 14 heavy (non-hydrogen) atoms. The van der Waals surface area contributed by atoms with E-state index in [1.54, 1.807) is 4.90 Å². The minimum Gasteiger partial charge on any atom is -0.481 e. The summed E-state index contributed by atoms with van der Waals surface area (Å²) in [7, 11) is 0. The monoisotopic (exact) mass is 200 g/mol. The van der Waals surface area contributed by atoms with Crippen LogP contribution in [0.4, 0.5) is 0 Å². The number of carboxylic acid groups (broad SMARTS) is 1. The van der Waals surface area contributed by atoms with Gasteiger partial charge in [0.05, 0.1) is 5.92 Å². The van der Waals surface area contributed by atoms with Gasteiger partial charge < -0.3 is 15.7 Å². The maximum absolute atomic E-state index is 11.4. The first kappa shape index (κ1) is 11.0. The van der Waals surface area contributed by atoms with Crippen molar-refractivity contribution in [1.29, 1.82) is 0 Å². The van der Waals surface area contributed by atoms with Crippen LogP contribution in [-0.2, 0) is 9.59 Å². The van der Waals surface area contributed by atoms with Crippen molar-refractivity contribution >= 4 is 11.9 Å². The summed E-state index contributed by atoms with van der Waals surface area (Å²) in [5.74, 6) is -1.24. The Labute approximate surface area is 82.9 Å². The van der Waals surface area contributed by atoms with E-state index < -0.39 is 11.9 Å². The molecule has 1 heterocycles. The minimum absolute atomic E-state index is 0.0292. The van der Waals surface area contributed by atoms with Gasteiger partial charge in [-0.2, -0.15) is 0 Å². The van der Waals surface area contributed by atoms with E-state index in [0.29, 0.717) is 32.5 Å². The van der Waals surface area contributed by atoms with E-state index in [2.05, 4.69) is 0 Å². The summed E-state index contributed by atoms with van der Waals surface area (Å²) in [4.78, 5) is 23.7. The maximum atomic E-state index is 11.4. The van der Waals surface area contributed by atoms with Crippen LogP contribution in [-0.4, -0.2) is 41.5 Å². The second-order valence-electron chi connectivity index (χ2n) is 3.56. The Morgan fingerprint density at radius 2 is 2.21 bits per heavy atom. The van der Waals surface area contributed by atoms with Crippen LogP contribution in [0.3, 0.4) is 0 Å². The Balaban J connectivity index is 2.47. The lowest BCUT2D eigenvalue weighted by molar-refractivity contribution is -0.145. The SMILES string of the molecule is NCCC(=O)N1CCC[C@@H](C(=O)O)C1. The fraction of sp³-hybridized carbons (Fsp3) is 0.778. The number of carbonyl (C=O) groups excluding carboxylic acids is 1. The van der Waals surface area contributed by atoms with Crippen molar-refractivity contribution in [2.24, 2.45) is 11.7 Å². The lowest BCUT2D eigenvalue weighted by Crippen LogP contribution is -2.42. The van der Waals surface area contributed by atoms with Crippen LogP contribution in [0.1, 0.15) is 19.3 Å². The molecule has 1 aliphatic rings. The average Bonchev–Trinajstić information content (AvgIpc) is 2.18. The summed E-state index contributed by atoms with van der Waals surface area (Å²) in [6, 6.07) is 0. The molecule has 0 aromatic rings. The molecule has 1 fully saturated rings. The number of rotatable bonds is 3. The Bertz CT molecular complexity index is 230. The van der Waals surface area contributed by atoms with Crippen LogP contribution < -0.4 is 5.73 Å². The van der Waals surface area contributed by atoms with Gasteiger partial charge in [0.15, 0.2) is 0 Å². The molecule has 0 aromatic carbocycles. The van der Waals surface area contributed by atoms with Crippen LogP contribution in [0.15, 0.2) is 0 Å². The summed E-state index contributed by atoms with van der Waals surface area (Å²) < 4.78 is 0. The predicted molar refractivity (Wildman–Crippen MR) is 50.6 cm³/mol. The van der Waals surface area contributed by atoms with E-state index in [9.17, 15) is 9.59 Å². The fourth-order valence-corrected chi connectivity index (χ4v) is 1.69. The van der Waals surface area contributed by atoms with Crippen molar-refractivity contribution in [2.45, 2.75) is 19.3 Å². The molecule has 0 saturated carbocycles. The number of likely N-dealkylation sites (tertiary alicyclic amines) is 1. The van der Waals surface area contributed by atoms with Crippen molar-refractivity contribution in [1.82, 2.24) is 4.90 Å². The van der Waals surface area contributed by atoms with Crippen molar-refractivity contribution in [3.8, 4) is 0 Å². The molecule has 1 aliphatic heterocycles. The molecule has 0 aromatic heterocycles. The van der Waals surface area contributed by atoms with Crippen LogP contribution in [0, 0.1) is 5.92 Å². The predicted octanol–water partition coefficient (Wildman–Crippen LogP) is -0.342. The quantitative estimate of drug-likeness (QED) is 0.652. The molecule has 1 amide bonds. The van der Waals surface area contributed by atoms with Gasteiger partial charge >= 0.3 is 5.97 Å². The van der Waals surface area contributed by atoms with Crippen LogP contribution >= 0.6 is 0 Å². The van der Waals surface area contributed by atoms with Crippen LogP contribution in [0.5, 0.6) is 0 Å². The molecule has 3 N–H and O–H groups in total. The highest BCUT2D eigenvalue weighted by Crippen LogP contribution is 2.16. The molecule has 80 valence electrons. The van der Waals surface area contributed by atoms with Gasteiger partial charge in [-0.25, -0.2) is 0 Å². The number of hydrogen-bond acceptors (Lipinski definition) is 3. The zero-order valence-electron chi connectivity index (χ0n) is 8.11. The number of piperidine rings is 1. The number of nitrogens with zero attached hydrogens (tertiary/aromatic N) is 1. The van der Waals surface area contributed by atoms with Gasteiger partial charge in [0.1, 0.15) is 0 Å². The normalized spacial score (nSPS) is 22.1. The number of nitrogens with two attached hydrogens (primary N) is 1. The summed E-state index contributed by atoms with van der Waals surface area (Å²) in [5, 5.41) is 8.81. The first-order valence-electron chi connectivity index (χ1n) is 4.85. The smallest absolute Gasteiger partial charge is 0.308 e. The van der Waals surface area contributed by atoms with Gasteiger partial charge in [-0.05, 0) is 12.8 Å². The molecule has 5 heteroatoms. The van der Waals surface area contributed by atoms with Gasteiger partial charge in [-0.1, -0.05) is 0 Å². The Morgan fingerprint density at radius 3 is 2.79 bits per heavy atom. The van der Waals surface area contributed by atoms with Gasteiger partial charge in [0.2, 0.25) is 5.91 Å². The molecule has 0 spiro atoms. The molecule has 5 nitrogen and oxygen atoms in total. The molecule has 0 radical (unpaired) electrons. The van der Waals surface area contributed by atoms with E-state index >= 15 is 0 Å². The average molecular weight is 200 g/mol. The maximum Gasteiger partial charge on any atom is 0.308 e. The van der Waals surface area contributed by atoms with Crippen LogP contribution in [0.25, 0.3) is 0 Å². The lowest BCUT2D eigenvalue weighted by atomic mass is 9.98. The standard InChI is InChI=1S/C9H16N2O3/c10-4-3-8(12)11-5-1-2-7(6-11)9(13)14/h7H,1-6,10H2,(H,13,14)/t7-/m1/s1. The lowest BCUT2D eigenvalue weighted by Gasteiger charge is -2.30.